The number of imidazole rings is 1. The zero-order valence-electron chi connectivity index (χ0n) is 13.3. The highest BCUT2D eigenvalue weighted by Gasteiger charge is 2.59. The number of methoxy groups -OCH3 is 1. The lowest BCUT2D eigenvalue weighted by atomic mass is 10.0. The van der Waals surface area contributed by atoms with Crippen molar-refractivity contribution in [1.29, 1.82) is 0 Å². The van der Waals surface area contributed by atoms with Crippen LogP contribution in [0.4, 0.5) is 5.95 Å². The zero-order chi connectivity index (χ0) is 15.9. The third-order valence-electron chi connectivity index (χ3n) is 4.51. The molecule has 0 bridgehead atoms. The number of carbonyl (C=O) groups is 1. The molecule has 0 spiro atoms. The van der Waals surface area contributed by atoms with Crippen LogP contribution in [-0.4, -0.2) is 23.0 Å². The largest absolute Gasteiger partial charge is 0.497 e. The maximum absolute atomic E-state index is 11.1. The first-order chi connectivity index (χ1) is 10.4. The highest BCUT2D eigenvalue weighted by Crippen LogP contribution is 2.69. The molecule has 1 heterocycles. The van der Waals surface area contributed by atoms with E-state index in [4.69, 9.17) is 4.74 Å². The van der Waals surface area contributed by atoms with E-state index in [-0.39, 0.29) is 11.3 Å². The van der Waals surface area contributed by atoms with Gasteiger partial charge >= 0.3 is 0 Å². The fourth-order valence-electron chi connectivity index (χ4n) is 3.40. The van der Waals surface area contributed by atoms with Gasteiger partial charge in [-0.1, -0.05) is 26.0 Å². The van der Waals surface area contributed by atoms with E-state index < -0.39 is 0 Å². The second kappa shape index (κ2) is 5.16. The average molecular weight is 299 g/mol. The van der Waals surface area contributed by atoms with Crippen molar-refractivity contribution in [3.8, 4) is 5.75 Å². The molecule has 116 valence electrons. The number of rotatable bonds is 4. The van der Waals surface area contributed by atoms with Crippen LogP contribution in [0.25, 0.3) is 0 Å². The summed E-state index contributed by atoms with van der Waals surface area (Å²) in [6.45, 7) is 5.98. The summed E-state index contributed by atoms with van der Waals surface area (Å²) in [4.78, 5) is 18.6. The van der Waals surface area contributed by atoms with E-state index in [0.717, 1.165) is 11.4 Å². The normalized spacial score (nSPS) is 22.2. The van der Waals surface area contributed by atoms with E-state index in [2.05, 4.69) is 41.3 Å². The Hall–Kier alpha value is -2.30. The maximum Gasteiger partial charge on any atom is 0.223 e. The number of nitrogens with one attached hydrogen (secondary N) is 2. The predicted molar refractivity (Wildman–Crippen MR) is 85.1 cm³/mol. The summed E-state index contributed by atoms with van der Waals surface area (Å²) in [7, 11) is 1.68. The third-order valence-corrected chi connectivity index (χ3v) is 4.51. The molecule has 0 aliphatic heterocycles. The number of hydrogen-bond donors (Lipinski definition) is 2. The van der Waals surface area contributed by atoms with Crippen LogP contribution in [0.15, 0.2) is 30.5 Å². The number of nitrogens with zero attached hydrogens (tertiary/aromatic N) is 1. The Morgan fingerprint density at radius 2 is 2.14 bits per heavy atom. The molecule has 2 N–H and O–H groups in total. The third kappa shape index (κ3) is 2.47. The lowest BCUT2D eigenvalue weighted by Gasteiger charge is -2.05. The lowest BCUT2D eigenvalue weighted by molar-refractivity contribution is -0.114. The van der Waals surface area contributed by atoms with Gasteiger partial charge in [-0.05, 0) is 29.0 Å². The SMILES string of the molecule is COc1cccc(C2C(c3cnc(NC(C)=O)[nH]3)C2(C)C)c1. The van der Waals surface area contributed by atoms with Gasteiger partial charge < -0.3 is 9.72 Å². The van der Waals surface area contributed by atoms with Crippen LogP contribution in [-0.2, 0) is 4.79 Å². The topological polar surface area (TPSA) is 67.0 Å². The first kappa shape index (κ1) is 14.6. The van der Waals surface area contributed by atoms with Gasteiger partial charge in [-0.2, -0.15) is 0 Å². The summed E-state index contributed by atoms with van der Waals surface area (Å²) >= 11 is 0. The molecule has 0 saturated heterocycles. The van der Waals surface area contributed by atoms with E-state index in [1.165, 1.54) is 12.5 Å². The van der Waals surface area contributed by atoms with Gasteiger partial charge in [0.05, 0.1) is 13.3 Å². The minimum absolute atomic E-state index is 0.125. The molecule has 1 aromatic carbocycles. The molecule has 1 amide bonds. The van der Waals surface area contributed by atoms with Crippen molar-refractivity contribution in [3.63, 3.8) is 0 Å². The van der Waals surface area contributed by atoms with E-state index in [9.17, 15) is 4.79 Å². The molecule has 2 atom stereocenters. The van der Waals surface area contributed by atoms with Gasteiger partial charge in [0.15, 0.2) is 0 Å². The Bertz CT molecular complexity index is 705. The summed E-state index contributed by atoms with van der Waals surface area (Å²) in [5.41, 5.74) is 2.47. The van der Waals surface area contributed by atoms with E-state index in [0.29, 0.717) is 17.8 Å². The first-order valence-electron chi connectivity index (χ1n) is 7.40. The molecule has 3 rings (SSSR count). The molecule has 1 aromatic heterocycles. The highest BCUT2D eigenvalue weighted by atomic mass is 16.5. The lowest BCUT2D eigenvalue weighted by Crippen LogP contribution is -2.07. The molecule has 1 fully saturated rings. The Kier molecular flexibility index (Phi) is 3.43. The number of anilines is 1. The van der Waals surface area contributed by atoms with Gasteiger partial charge in [0, 0.05) is 18.5 Å². The zero-order valence-corrected chi connectivity index (χ0v) is 13.3. The van der Waals surface area contributed by atoms with Crippen molar-refractivity contribution >= 4 is 11.9 Å². The molecule has 5 heteroatoms. The van der Waals surface area contributed by atoms with Gasteiger partial charge in [-0.15, -0.1) is 0 Å². The number of benzene rings is 1. The number of aromatic amines is 1. The van der Waals surface area contributed by atoms with E-state index >= 15 is 0 Å². The molecule has 5 nitrogen and oxygen atoms in total. The van der Waals surface area contributed by atoms with Crippen LogP contribution in [0.5, 0.6) is 5.75 Å². The molecule has 1 aliphatic rings. The Morgan fingerprint density at radius 3 is 2.82 bits per heavy atom. The summed E-state index contributed by atoms with van der Waals surface area (Å²) in [5, 5.41) is 2.68. The average Bonchev–Trinajstić information content (AvgIpc) is 2.81. The molecule has 1 aliphatic carbocycles. The molecular weight excluding hydrogens is 278 g/mol. The molecule has 22 heavy (non-hydrogen) atoms. The quantitative estimate of drug-likeness (QED) is 0.910. The van der Waals surface area contributed by atoms with Gasteiger partial charge in [0.25, 0.3) is 0 Å². The Labute approximate surface area is 130 Å². The first-order valence-corrected chi connectivity index (χ1v) is 7.40. The van der Waals surface area contributed by atoms with Crippen molar-refractivity contribution < 1.29 is 9.53 Å². The number of hydrogen-bond acceptors (Lipinski definition) is 3. The van der Waals surface area contributed by atoms with Crippen LogP contribution in [0.2, 0.25) is 0 Å². The minimum Gasteiger partial charge on any atom is -0.497 e. The number of H-pyrrole nitrogens is 1. The van der Waals surface area contributed by atoms with Crippen molar-refractivity contribution in [3.05, 3.63) is 41.7 Å². The van der Waals surface area contributed by atoms with Gasteiger partial charge in [-0.25, -0.2) is 4.98 Å². The second-order valence-corrected chi connectivity index (χ2v) is 6.42. The summed E-state index contributed by atoms with van der Waals surface area (Å²) in [6, 6.07) is 8.21. The van der Waals surface area contributed by atoms with Gasteiger partial charge in [0.2, 0.25) is 11.9 Å². The maximum atomic E-state index is 11.1. The Morgan fingerprint density at radius 1 is 1.36 bits per heavy atom. The highest BCUT2D eigenvalue weighted by molar-refractivity contribution is 5.86. The van der Waals surface area contributed by atoms with Crippen LogP contribution >= 0.6 is 0 Å². The van der Waals surface area contributed by atoms with Crippen LogP contribution in [0.1, 0.15) is 43.9 Å². The van der Waals surface area contributed by atoms with Crippen molar-refractivity contribution in [2.75, 3.05) is 12.4 Å². The molecule has 2 aromatic rings. The van der Waals surface area contributed by atoms with Gasteiger partial charge in [-0.3, -0.25) is 10.1 Å². The van der Waals surface area contributed by atoms with Crippen LogP contribution in [0.3, 0.4) is 0 Å². The minimum atomic E-state index is -0.125. The van der Waals surface area contributed by atoms with Crippen molar-refractivity contribution in [2.45, 2.75) is 32.6 Å². The molecule has 2 unspecified atom stereocenters. The monoisotopic (exact) mass is 299 g/mol. The summed E-state index contributed by atoms with van der Waals surface area (Å²) in [5.74, 6) is 2.03. The smallest absolute Gasteiger partial charge is 0.223 e. The number of aromatic nitrogens is 2. The standard InChI is InChI=1S/C17H21N3O2/c1-10(21)19-16-18-9-13(20-16)15-14(17(15,2)3)11-6-5-7-12(8-11)22-4/h5-9,14-15H,1-4H3,(H2,18,19,20,21). The number of ether oxygens (including phenoxy) is 1. The predicted octanol–water partition coefficient (Wildman–Crippen LogP) is 3.28. The molecular formula is C17H21N3O2. The van der Waals surface area contributed by atoms with Crippen molar-refractivity contribution in [1.82, 2.24) is 9.97 Å². The fourth-order valence-corrected chi connectivity index (χ4v) is 3.40. The molecule has 1 saturated carbocycles. The second-order valence-electron chi connectivity index (χ2n) is 6.42. The van der Waals surface area contributed by atoms with Crippen LogP contribution < -0.4 is 10.1 Å². The Balaban J connectivity index is 1.85. The van der Waals surface area contributed by atoms with E-state index in [1.807, 2.05) is 18.3 Å². The molecule has 0 radical (unpaired) electrons. The van der Waals surface area contributed by atoms with Crippen LogP contribution in [0, 0.1) is 5.41 Å². The number of amides is 1. The van der Waals surface area contributed by atoms with Crippen molar-refractivity contribution in [2.24, 2.45) is 5.41 Å². The van der Waals surface area contributed by atoms with E-state index in [1.54, 1.807) is 7.11 Å². The van der Waals surface area contributed by atoms with Gasteiger partial charge in [0.1, 0.15) is 5.75 Å². The summed E-state index contributed by atoms with van der Waals surface area (Å²) < 4.78 is 5.32. The summed E-state index contributed by atoms with van der Waals surface area (Å²) in [6.07, 6.45) is 1.82. The fraction of sp³-hybridized carbons (Fsp3) is 0.412. The number of carbonyl (C=O) groups excluding carboxylic acids is 1.